The fourth-order valence-corrected chi connectivity index (χ4v) is 10.8. The minimum absolute atomic E-state index is 0.0144. The van der Waals surface area contributed by atoms with Crippen molar-refractivity contribution in [1.29, 1.82) is 0 Å². The molecule has 1 N–H and O–H groups in total. The first-order chi connectivity index (χ1) is 17.2. The Bertz CT molecular complexity index is 1060. The summed E-state index contributed by atoms with van der Waals surface area (Å²) in [5, 5.41) is 10.9. The lowest BCUT2D eigenvalue weighted by atomic mass is 9.33. The van der Waals surface area contributed by atoms with Crippen LogP contribution in [0.4, 0.5) is 0 Å². The number of ketones is 1. The van der Waals surface area contributed by atoms with Gasteiger partial charge in [0.25, 0.3) is 0 Å². The van der Waals surface area contributed by atoms with E-state index in [0.717, 1.165) is 57.8 Å². The molecule has 7 unspecified atom stereocenters. The summed E-state index contributed by atoms with van der Waals surface area (Å²) in [6.07, 6.45) is 10.5. The molecule has 0 aliphatic heterocycles. The Labute approximate surface area is 231 Å². The average molecular weight is 527 g/mol. The zero-order chi connectivity index (χ0) is 28.3. The van der Waals surface area contributed by atoms with Crippen LogP contribution in [0.3, 0.4) is 0 Å². The van der Waals surface area contributed by atoms with Crippen molar-refractivity contribution in [2.75, 3.05) is 0 Å². The second-order valence-corrected chi connectivity index (χ2v) is 17.1. The zero-order valence-corrected chi connectivity index (χ0v) is 25.9. The van der Waals surface area contributed by atoms with Crippen molar-refractivity contribution < 1.29 is 19.4 Å². The number of hydrogen-bond donors (Lipinski definition) is 1. The van der Waals surface area contributed by atoms with E-state index in [0.29, 0.717) is 11.7 Å². The first kappa shape index (κ1) is 28.4. The Morgan fingerprint density at radius 2 is 1.55 bits per heavy atom. The number of aliphatic hydroxyl groups excluding tert-OH is 1. The third kappa shape index (κ3) is 3.70. The molecule has 38 heavy (non-hydrogen) atoms. The minimum Gasteiger partial charge on any atom is -0.460 e. The topological polar surface area (TPSA) is 63.6 Å². The van der Waals surface area contributed by atoms with Gasteiger partial charge in [-0.05, 0) is 130 Å². The van der Waals surface area contributed by atoms with E-state index in [1.165, 1.54) is 5.57 Å². The number of hydrogen-bond acceptors (Lipinski definition) is 4. The Kier molecular flexibility index (Phi) is 6.12. The molecular formula is C34H54O4. The second-order valence-electron chi connectivity index (χ2n) is 17.1. The SMILES string of the molecule is CC(C)(C)OC(=O)[C@@]1(C)CCC2(C)CC[C@]3(C)C(=CC(=O)C4C5(C)CCC(O)C(C)(C)C5CCC43C)C2C1. The van der Waals surface area contributed by atoms with Crippen LogP contribution < -0.4 is 0 Å². The maximum atomic E-state index is 14.4. The van der Waals surface area contributed by atoms with Gasteiger partial charge >= 0.3 is 5.97 Å². The van der Waals surface area contributed by atoms with Crippen molar-refractivity contribution in [1.82, 2.24) is 0 Å². The van der Waals surface area contributed by atoms with E-state index in [9.17, 15) is 14.7 Å². The predicted octanol–water partition coefficient (Wildman–Crippen LogP) is 7.67. The van der Waals surface area contributed by atoms with Crippen LogP contribution in [0.2, 0.25) is 0 Å². The normalized spacial score (nSPS) is 50.1. The molecule has 0 radical (unpaired) electrons. The molecule has 0 spiro atoms. The quantitative estimate of drug-likeness (QED) is 0.356. The summed E-state index contributed by atoms with van der Waals surface area (Å²) in [4.78, 5) is 27.9. The standard InChI is InChI=1S/C34H54O4/c1-28(2,3)38-27(37)31(7)16-15-30(6)17-18-33(9)21(22(30)20-31)19-23(35)26-32(8)13-12-25(36)29(4,5)24(32)11-14-34(26,33)10/h19,22,24-26,36H,11-18,20H2,1-10H3/t22?,24?,25?,26?,30?,31-,32?,33+,34?/m0/s1. The first-order valence-electron chi connectivity index (χ1n) is 15.4. The Morgan fingerprint density at radius 1 is 0.921 bits per heavy atom. The Hall–Kier alpha value is -1.16. The molecule has 0 aromatic carbocycles. The van der Waals surface area contributed by atoms with Gasteiger partial charge in [-0.3, -0.25) is 9.59 Å². The fraction of sp³-hybridized carbons (Fsp3) is 0.882. The van der Waals surface area contributed by atoms with Gasteiger partial charge in [0.15, 0.2) is 5.78 Å². The summed E-state index contributed by atoms with van der Waals surface area (Å²) < 4.78 is 5.94. The van der Waals surface area contributed by atoms with Gasteiger partial charge < -0.3 is 9.84 Å². The number of esters is 1. The first-order valence-corrected chi connectivity index (χ1v) is 15.4. The summed E-state index contributed by atoms with van der Waals surface area (Å²) in [5.74, 6) is 0.789. The number of carbonyl (C=O) groups excluding carboxylic acids is 2. The van der Waals surface area contributed by atoms with E-state index < -0.39 is 11.0 Å². The molecule has 0 aromatic rings. The maximum absolute atomic E-state index is 14.4. The summed E-state index contributed by atoms with van der Waals surface area (Å²) >= 11 is 0. The molecule has 9 atom stereocenters. The predicted molar refractivity (Wildman–Crippen MR) is 151 cm³/mol. The maximum Gasteiger partial charge on any atom is 0.312 e. The van der Waals surface area contributed by atoms with Gasteiger partial charge in [0.05, 0.1) is 11.5 Å². The lowest BCUT2D eigenvalue weighted by Crippen LogP contribution is -2.66. The van der Waals surface area contributed by atoms with Gasteiger partial charge in [0.2, 0.25) is 0 Å². The molecule has 4 nitrogen and oxygen atoms in total. The van der Waals surface area contributed by atoms with Crippen LogP contribution in [-0.4, -0.2) is 28.6 Å². The lowest BCUT2D eigenvalue weighted by Gasteiger charge is -2.70. The number of ether oxygens (including phenoxy) is 1. The van der Waals surface area contributed by atoms with Gasteiger partial charge in [-0.2, -0.15) is 0 Å². The molecule has 5 aliphatic carbocycles. The van der Waals surface area contributed by atoms with Crippen LogP contribution >= 0.6 is 0 Å². The molecule has 4 heteroatoms. The third-order valence-electron chi connectivity index (χ3n) is 13.4. The van der Waals surface area contributed by atoms with E-state index >= 15 is 0 Å². The summed E-state index contributed by atoms with van der Waals surface area (Å²) in [6.45, 7) is 22.1. The average Bonchev–Trinajstić information content (AvgIpc) is 2.78. The van der Waals surface area contributed by atoms with Crippen molar-refractivity contribution >= 4 is 11.8 Å². The molecule has 0 saturated heterocycles. The molecule has 4 fully saturated rings. The molecule has 0 heterocycles. The number of aliphatic hydroxyl groups is 1. The van der Waals surface area contributed by atoms with E-state index in [-0.39, 0.29) is 51.0 Å². The third-order valence-corrected chi connectivity index (χ3v) is 13.4. The van der Waals surface area contributed by atoms with Gasteiger partial charge in [-0.15, -0.1) is 0 Å². The van der Waals surface area contributed by atoms with E-state index in [1.54, 1.807) is 0 Å². The van der Waals surface area contributed by atoms with Crippen molar-refractivity contribution in [3.8, 4) is 0 Å². The zero-order valence-electron chi connectivity index (χ0n) is 25.9. The van der Waals surface area contributed by atoms with Crippen LogP contribution in [-0.2, 0) is 14.3 Å². The highest BCUT2D eigenvalue weighted by atomic mass is 16.6. The Morgan fingerprint density at radius 3 is 2.18 bits per heavy atom. The molecule has 5 rings (SSSR count). The van der Waals surface area contributed by atoms with Crippen LogP contribution in [0.25, 0.3) is 0 Å². The highest BCUT2D eigenvalue weighted by Crippen LogP contribution is 2.75. The summed E-state index contributed by atoms with van der Waals surface area (Å²) in [5.41, 5.74) is -0.0208. The monoisotopic (exact) mass is 526 g/mol. The van der Waals surface area contributed by atoms with Gasteiger partial charge in [-0.25, -0.2) is 0 Å². The van der Waals surface area contributed by atoms with Gasteiger partial charge in [-0.1, -0.05) is 47.1 Å². The fourth-order valence-electron chi connectivity index (χ4n) is 10.8. The minimum atomic E-state index is -0.523. The highest BCUT2D eigenvalue weighted by Gasteiger charge is 2.70. The molecule has 214 valence electrons. The van der Waals surface area contributed by atoms with Crippen LogP contribution in [0.1, 0.15) is 127 Å². The van der Waals surface area contributed by atoms with Crippen molar-refractivity contribution in [2.45, 2.75) is 139 Å². The lowest BCUT2D eigenvalue weighted by molar-refractivity contribution is -0.203. The summed E-state index contributed by atoms with van der Waals surface area (Å²) in [7, 11) is 0. The second kappa shape index (κ2) is 8.20. The molecule has 0 aromatic heterocycles. The molecule has 4 saturated carbocycles. The number of allylic oxidation sites excluding steroid dienone is 2. The Balaban J connectivity index is 1.57. The highest BCUT2D eigenvalue weighted by molar-refractivity contribution is 5.95. The van der Waals surface area contributed by atoms with Crippen LogP contribution in [0.5, 0.6) is 0 Å². The number of fused-ring (bicyclic) bond motifs is 7. The van der Waals surface area contributed by atoms with Crippen LogP contribution in [0.15, 0.2) is 11.6 Å². The van der Waals surface area contributed by atoms with E-state index in [1.807, 2.05) is 20.8 Å². The largest absolute Gasteiger partial charge is 0.460 e. The molecule has 0 amide bonds. The van der Waals surface area contributed by atoms with Crippen molar-refractivity contribution in [3.05, 3.63) is 11.6 Å². The van der Waals surface area contributed by atoms with Crippen molar-refractivity contribution in [3.63, 3.8) is 0 Å². The molecular weight excluding hydrogens is 472 g/mol. The van der Waals surface area contributed by atoms with E-state index in [4.69, 9.17) is 4.74 Å². The smallest absolute Gasteiger partial charge is 0.312 e. The molecule has 5 aliphatic rings. The summed E-state index contributed by atoms with van der Waals surface area (Å²) in [6, 6.07) is 0. The number of carbonyl (C=O) groups is 2. The number of rotatable bonds is 1. The van der Waals surface area contributed by atoms with Crippen molar-refractivity contribution in [2.24, 2.45) is 50.2 Å². The molecule has 0 bridgehead atoms. The van der Waals surface area contributed by atoms with E-state index in [2.05, 4.69) is 54.5 Å². The van der Waals surface area contributed by atoms with Gasteiger partial charge in [0, 0.05) is 5.92 Å². The van der Waals surface area contributed by atoms with Gasteiger partial charge in [0.1, 0.15) is 5.60 Å². The van der Waals surface area contributed by atoms with Crippen LogP contribution in [0, 0.1) is 50.2 Å².